The average molecular weight is 586 g/mol. The third kappa shape index (κ3) is 4.87. The number of carbonyl (C=O) groups excluding carboxylic acids is 1. The van der Waals surface area contributed by atoms with Crippen molar-refractivity contribution in [1.29, 1.82) is 5.26 Å². The van der Waals surface area contributed by atoms with Crippen LogP contribution in [0.2, 0.25) is 0 Å². The number of aromatic nitrogens is 3. The molecule has 2 saturated heterocycles. The summed E-state index contributed by atoms with van der Waals surface area (Å²) in [6, 6.07) is 7.62. The Balaban J connectivity index is 1.29. The SMILES string of the molecule is C=CC(=O)N1CCN(c2nc(OC[C@@H]3C[C@@H](F)CN3C)nc3c(F)c(-c4cccc5c4C4CC4C5)ncc23)C[C@@H]1CC#N. The number of amides is 1. The van der Waals surface area contributed by atoms with Gasteiger partial charge >= 0.3 is 6.01 Å². The molecule has 0 spiro atoms. The first-order valence-corrected chi connectivity index (χ1v) is 14.9. The van der Waals surface area contributed by atoms with Crippen molar-refractivity contribution in [3.63, 3.8) is 0 Å². The van der Waals surface area contributed by atoms with Crippen LogP contribution in [0.25, 0.3) is 22.2 Å². The Hall–Kier alpha value is -4.17. The van der Waals surface area contributed by atoms with Crippen molar-refractivity contribution in [3.8, 4) is 23.3 Å². The van der Waals surface area contributed by atoms with E-state index in [1.807, 2.05) is 29.0 Å². The van der Waals surface area contributed by atoms with Crippen molar-refractivity contribution in [3.05, 3.63) is 54.0 Å². The number of benzene rings is 1. The molecule has 9 nitrogen and oxygen atoms in total. The largest absolute Gasteiger partial charge is 0.462 e. The van der Waals surface area contributed by atoms with E-state index in [4.69, 9.17) is 9.72 Å². The highest BCUT2D eigenvalue weighted by Crippen LogP contribution is 2.58. The second-order valence-electron chi connectivity index (χ2n) is 12.1. The molecule has 0 radical (unpaired) electrons. The van der Waals surface area contributed by atoms with Crippen molar-refractivity contribution < 1.29 is 18.3 Å². The first-order chi connectivity index (χ1) is 20.9. The van der Waals surface area contributed by atoms with E-state index in [0.717, 1.165) is 18.4 Å². The van der Waals surface area contributed by atoms with E-state index >= 15 is 4.39 Å². The zero-order valence-corrected chi connectivity index (χ0v) is 24.0. The van der Waals surface area contributed by atoms with Crippen molar-refractivity contribution in [2.75, 3.05) is 44.7 Å². The number of hydrogen-bond acceptors (Lipinski definition) is 8. The Kier molecular flexibility index (Phi) is 6.96. The maximum absolute atomic E-state index is 16.6. The van der Waals surface area contributed by atoms with Gasteiger partial charge in [0.15, 0.2) is 5.82 Å². The van der Waals surface area contributed by atoms with Gasteiger partial charge in [0, 0.05) is 44.0 Å². The molecule has 0 bridgehead atoms. The minimum Gasteiger partial charge on any atom is -0.462 e. The average Bonchev–Trinajstić information content (AvgIpc) is 3.55. The molecule has 3 aromatic rings. The summed E-state index contributed by atoms with van der Waals surface area (Å²) >= 11 is 0. The van der Waals surface area contributed by atoms with Crippen LogP contribution in [0.3, 0.4) is 0 Å². The topological polar surface area (TPSA) is 98.5 Å². The lowest BCUT2D eigenvalue weighted by Gasteiger charge is -2.41. The van der Waals surface area contributed by atoms with Gasteiger partial charge in [-0.3, -0.25) is 14.7 Å². The second-order valence-corrected chi connectivity index (χ2v) is 12.1. The predicted molar refractivity (Wildman–Crippen MR) is 157 cm³/mol. The lowest BCUT2D eigenvalue weighted by molar-refractivity contribution is -0.128. The normalized spacial score (nSPS) is 26.2. The highest BCUT2D eigenvalue weighted by atomic mass is 19.1. The highest BCUT2D eigenvalue weighted by Gasteiger charge is 2.46. The van der Waals surface area contributed by atoms with Gasteiger partial charge in [0.25, 0.3) is 0 Å². The Morgan fingerprint density at radius 2 is 2.09 bits per heavy atom. The number of halogens is 2. The summed E-state index contributed by atoms with van der Waals surface area (Å²) in [5.74, 6) is 0.736. The van der Waals surface area contributed by atoms with E-state index in [-0.39, 0.29) is 42.2 Å². The fourth-order valence-corrected chi connectivity index (χ4v) is 7.17. The molecule has 1 aromatic carbocycles. The summed E-state index contributed by atoms with van der Waals surface area (Å²) in [6.07, 6.45) is 4.55. The smallest absolute Gasteiger partial charge is 0.319 e. The van der Waals surface area contributed by atoms with E-state index in [9.17, 15) is 14.4 Å². The van der Waals surface area contributed by atoms with Crippen LogP contribution in [0.1, 0.15) is 36.3 Å². The van der Waals surface area contributed by atoms with Crippen LogP contribution < -0.4 is 9.64 Å². The first kappa shape index (κ1) is 27.7. The summed E-state index contributed by atoms with van der Waals surface area (Å²) in [6.45, 7) is 5.15. The van der Waals surface area contributed by atoms with Crippen LogP contribution >= 0.6 is 0 Å². The van der Waals surface area contributed by atoms with Crippen LogP contribution in [0.5, 0.6) is 6.01 Å². The van der Waals surface area contributed by atoms with Gasteiger partial charge < -0.3 is 14.5 Å². The zero-order chi connectivity index (χ0) is 29.8. The third-order valence-electron chi connectivity index (χ3n) is 9.48. The molecule has 0 N–H and O–H groups in total. The Morgan fingerprint density at radius 3 is 2.86 bits per heavy atom. The van der Waals surface area contributed by atoms with Crippen molar-refractivity contribution in [2.45, 2.75) is 49.9 Å². The van der Waals surface area contributed by atoms with Gasteiger partial charge in [-0.15, -0.1) is 0 Å². The van der Waals surface area contributed by atoms with Crippen LogP contribution in [0, 0.1) is 23.1 Å². The van der Waals surface area contributed by atoms with Crippen molar-refractivity contribution in [1.82, 2.24) is 24.8 Å². The molecule has 222 valence electrons. The number of nitriles is 1. The first-order valence-electron chi connectivity index (χ1n) is 14.9. The molecular formula is C32H33F2N7O2. The number of ether oxygens (including phenoxy) is 1. The van der Waals surface area contributed by atoms with Crippen LogP contribution in [-0.4, -0.2) is 88.7 Å². The van der Waals surface area contributed by atoms with Gasteiger partial charge in [-0.25, -0.2) is 8.78 Å². The molecule has 2 unspecified atom stereocenters. The van der Waals surface area contributed by atoms with E-state index in [1.165, 1.54) is 17.2 Å². The van der Waals surface area contributed by atoms with E-state index < -0.39 is 18.0 Å². The molecule has 2 aliphatic heterocycles. The lowest BCUT2D eigenvalue weighted by Crippen LogP contribution is -2.55. The van der Waals surface area contributed by atoms with Crippen molar-refractivity contribution >= 4 is 22.6 Å². The van der Waals surface area contributed by atoms with Gasteiger partial charge in [0.1, 0.15) is 29.8 Å². The summed E-state index contributed by atoms with van der Waals surface area (Å²) in [7, 11) is 1.85. The van der Waals surface area contributed by atoms with Gasteiger partial charge in [-0.1, -0.05) is 24.8 Å². The zero-order valence-electron chi connectivity index (χ0n) is 24.0. The number of fused-ring (bicyclic) bond motifs is 4. The number of likely N-dealkylation sites (N-methyl/N-ethyl adjacent to an activating group) is 1. The number of likely N-dealkylation sites (tertiary alicyclic amines) is 1. The summed E-state index contributed by atoms with van der Waals surface area (Å²) in [5, 5.41) is 9.90. The number of carbonyl (C=O) groups is 1. The van der Waals surface area contributed by atoms with E-state index in [0.29, 0.717) is 55.6 Å². The predicted octanol–water partition coefficient (Wildman–Crippen LogP) is 4.03. The van der Waals surface area contributed by atoms with Gasteiger partial charge in [-0.05, 0) is 55.3 Å². The van der Waals surface area contributed by atoms with E-state index in [2.05, 4.69) is 28.7 Å². The standard InChI is InChI=1S/C32H33F2N7O2/c1-3-26(42)41-10-9-40(16-21(41)7-8-35)31-25-14-36-29(23-6-4-5-18-11-19-12-24(19)27(18)23)28(34)30(25)37-32(38-31)43-17-22-13-20(33)15-39(22)2/h3-6,14,19-22,24H,1,7,9-13,15-17H2,2H3/t19?,20-,21+,22+,24?/m1/s1. The molecule has 43 heavy (non-hydrogen) atoms. The maximum atomic E-state index is 16.6. The minimum atomic E-state index is -0.928. The molecule has 7 rings (SSSR count). The number of nitrogens with zero attached hydrogens (tertiary/aromatic N) is 7. The molecule has 1 amide bonds. The molecule has 2 aliphatic carbocycles. The molecule has 11 heteroatoms. The molecular weight excluding hydrogens is 552 g/mol. The molecule has 3 fully saturated rings. The maximum Gasteiger partial charge on any atom is 0.319 e. The highest BCUT2D eigenvalue weighted by molar-refractivity contribution is 5.93. The fraction of sp³-hybridized carbons (Fsp3) is 0.469. The monoisotopic (exact) mass is 585 g/mol. The number of hydrogen-bond donors (Lipinski definition) is 0. The summed E-state index contributed by atoms with van der Waals surface area (Å²) in [4.78, 5) is 31.8. The number of anilines is 1. The summed E-state index contributed by atoms with van der Waals surface area (Å²) < 4.78 is 36.6. The van der Waals surface area contributed by atoms with Gasteiger partial charge in [-0.2, -0.15) is 15.2 Å². The molecule has 1 saturated carbocycles. The number of pyridine rings is 1. The quantitative estimate of drug-likeness (QED) is 0.384. The third-order valence-corrected chi connectivity index (χ3v) is 9.48. The number of piperazine rings is 1. The Labute approximate surface area is 248 Å². The molecule has 5 atom stereocenters. The number of alkyl halides is 1. The van der Waals surface area contributed by atoms with E-state index in [1.54, 1.807) is 11.1 Å². The molecule has 4 heterocycles. The van der Waals surface area contributed by atoms with Crippen LogP contribution in [0.15, 0.2) is 37.1 Å². The van der Waals surface area contributed by atoms with Gasteiger partial charge in [0.2, 0.25) is 5.91 Å². The van der Waals surface area contributed by atoms with Crippen LogP contribution in [0.4, 0.5) is 14.6 Å². The minimum absolute atomic E-state index is 0.00348. The van der Waals surface area contributed by atoms with Crippen LogP contribution in [-0.2, 0) is 11.2 Å². The summed E-state index contributed by atoms with van der Waals surface area (Å²) in [5.41, 5.74) is 3.60. The lowest BCUT2D eigenvalue weighted by atomic mass is 9.96. The second kappa shape index (κ2) is 10.8. The Bertz CT molecular complexity index is 1660. The van der Waals surface area contributed by atoms with Crippen molar-refractivity contribution in [2.24, 2.45) is 5.92 Å². The fourth-order valence-electron chi connectivity index (χ4n) is 7.17. The molecule has 2 aromatic heterocycles. The van der Waals surface area contributed by atoms with Gasteiger partial charge in [0.05, 0.1) is 23.9 Å². The Morgan fingerprint density at radius 1 is 1.23 bits per heavy atom. The molecule has 4 aliphatic rings. The number of rotatable bonds is 7.